The summed E-state index contributed by atoms with van der Waals surface area (Å²) in [5.41, 5.74) is 0.187. The number of para-hydroxylation sites is 1. The van der Waals surface area contributed by atoms with Crippen LogP contribution in [0.4, 0.5) is 4.39 Å². The molecule has 4 bridgehead atoms. The van der Waals surface area contributed by atoms with Crippen LogP contribution in [-0.2, 0) is 4.74 Å². The van der Waals surface area contributed by atoms with E-state index >= 15 is 0 Å². The van der Waals surface area contributed by atoms with Gasteiger partial charge in [-0.25, -0.2) is 9.18 Å². The lowest BCUT2D eigenvalue weighted by atomic mass is 9.49. The summed E-state index contributed by atoms with van der Waals surface area (Å²) >= 11 is 0. The molecule has 0 saturated heterocycles. The number of hydrogen-bond donors (Lipinski definition) is 0. The van der Waals surface area contributed by atoms with Gasteiger partial charge in [0.05, 0.1) is 5.56 Å². The number of rotatable bonds is 6. The van der Waals surface area contributed by atoms with Crippen LogP contribution in [0.1, 0.15) is 48.9 Å². The van der Waals surface area contributed by atoms with E-state index in [-0.39, 0.29) is 16.7 Å². The van der Waals surface area contributed by atoms with Gasteiger partial charge in [-0.2, -0.15) is 0 Å². The Bertz CT molecular complexity index is 891. The van der Waals surface area contributed by atoms with E-state index in [1.54, 1.807) is 31.4 Å². The lowest BCUT2D eigenvalue weighted by Crippen LogP contribution is -2.54. The van der Waals surface area contributed by atoms with E-state index in [4.69, 9.17) is 14.2 Å². The molecule has 0 amide bonds. The number of carbonyl (C=O) groups excluding carboxylic acids is 1. The lowest BCUT2D eigenvalue weighted by molar-refractivity contribution is -0.204. The summed E-state index contributed by atoms with van der Waals surface area (Å²) in [4.78, 5) is 12.5. The molecule has 4 nitrogen and oxygen atoms in total. The second-order valence-electron chi connectivity index (χ2n) is 9.31. The van der Waals surface area contributed by atoms with Gasteiger partial charge in [-0.05, 0) is 86.6 Å². The van der Waals surface area contributed by atoms with Crippen LogP contribution in [0.3, 0.4) is 0 Å². The number of ether oxygens (including phenoxy) is 3. The van der Waals surface area contributed by atoms with E-state index in [1.807, 2.05) is 6.07 Å². The van der Waals surface area contributed by atoms with Crippen LogP contribution >= 0.6 is 0 Å². The topological polar surface area (TPSA) is 44.8 Å². The second-order valence-corrected chi connectivity index (χ2v) is 9.31. The van der Waals surface area contributed by atoms with Crippen LogP contribution in [0.25, 0.3) is 0 Å². The molecule has 6 rings (SSSR count). The fourth-order valence-corrected chi connectivity index (χ4v) is 6.38. The van der Waals surface area contributed by atoms with Crippen molar-refractivity contribution in [3.63, 3.8) is 0 Å². The molecule has 4 fully saturated rings. The molecule has 4 aliphatic rings. The van der Waals surface area contributed by atoms with Gasteiger partial charge in [0.25, 0.3) is 0 Å². The molecule has 0 heterocycles. The minimum atomic E-state index is -0.546. The van der Waals surface area contributed by atoms with Gasteiger partial charge in [0, 0.05) is 12.5 Å². The smallest absolute Gasteiger partial charge is 0.343 e. The van der Waals surface area contributed by atoms with Crippen LogP contribution in [0.15, 0.2) is 48.5 Å². The number of carbonyl (C=O) groups is 1. The Morgan fingerprint density at radius 2 is 1.63 bits per heavy atom. The minimum Gasteiger partial charge on any atom is -0.461 e. The number of esters is 1. The Hall–Kier alpha value is -2.40. The molecule has 4 aliphatic carbocycles. The third kappa shape index (κ3) is 3.60. The molecular weight excluding hydrogens is 383 g/mol. The maximum absolute atomic E-state index is 14.6. The zero-order valence-electron chi connectivity index (χ0n) is 17.2. The Labute approximate surface area is 176 Å². The summed E-state index contributed by atoms with van der Waals surface area (Å²) in [6.45, 7) is 0. The summed E-state index contributed by atoms with van der Waals surface area (Å²) in [5, 5.41) is 0. The predicted octanol–water partition coefficient (Wildman–Crippen LogP) is 5.61. The van der Waals surface area contributed by atoms with Crippen molar-refractivity contribution in [3.8, 4) is 11.5 Å². The SMILES string of the molecule is COC(Oc1cc(C(=O)Oc2ccccc2)ccc1F)C12CC3CC(CC(C3)C1)C2. The number of halogens is 1. The van der Waals surface area contributed by atoms with Gasteiger partial charge in [-0.15, -0.1) is 0 Å². The number of methoxy groups -OCH3 is 1. The fraction of sp³-hybridized carbons (Fsp3) is 0.480. The van der Waals surface area contributed by atoms with Crippen molar-refractivity contribution in [2.24, 2.45) is 23.2 Å². The van der Waals surface area contributed by atoms with Crippen molar-refractivity contribution in [3.05, 3.63) is 59.9 Å². The number of hydrogen-bond acceptors (Lipinski definition) is 4. The zero-order valence-corrected chi connectivity index (χ0v) is 17.2. The van der Waals surface area contributed by atoms with E-state index in [9.17, 15) is 9.18 Å². The van der Waals surface area contributed by atoms with E-state index in [1.165, 1.54) is 37.5 Å². The predicted molar refractivity (Wildman–Crippen MR) is 110 cm³/mol. The average molecular weight is 410 g/mol. The van der Waals surface area contributed by atoms with Gasteiger partial charge in [0.15, 0.2) is 11.6 Å². The quantitative estimate of drug-likeness (QED) is 0.353. The first-order valence-corrected chi connectivity index (χ1v) is 10.8. The molecule has 0 N–H and O–H groups in total. The molecule has 5 heteroatoms. The lowest BCUT2D eigenvalue weighted by Gasteiger charge is -2.58. The van der Waals surface area contributed by atoms with Crippen LogP contribution in [0, 0.1) is 29.0 Å². The van der Waals surface area contributed by atoms with E-state index < -0.39 is 18.1 Å². The van der Waals surface area contributed by atoms with Crippen LogP contribution < -0.4 is 9.47 Å². The first-order chi connectivity index (χ1) is 14.5. The standard InChI is InChI=1S/C25H27FO4/c1-28-24(25-13-16-9-17(14-25)11-18(10-16)15-25)30-22-12-19(7-8-21(22)26)23(27)29-20-5-3-2-4-6-20/h2-8,12,16-18,24H,9-11,13-15H2,1H3. The summed E-state index contributed by atoms with van der Waals surface area (Å²) in [7, 11) is 1.63. The van der Waals surface area contributed by atoms with Crippen molar-refractivity contribution in [2.75, 3.05) is 7.11 Å². The zero-order chi connectivity index (χ0) is 20.7. The third-order valence-corrected chi connectivity index (χ3v) is 7.15. The molecule has 4 saturated carbocycles. The molecule has 0 aromatic heterocycles. The van der Waals surface area contributed by atoms with Gasteiger partial charge >= 0.3 is 5.97 Å². The van der Waals surface area contributed by atoms with Gasteiger partial charge in [-0.3, -0.25) is 0 Å². The normalized spacial score (nSPS) is 30.1. The highest BCUT2D eigenvalue weighted by molar-refractivity contribution is 5.91. The molecule has 2 aromatic rings. The maximum atomic E-state index is 14.6. The first-order valence-electron chi connectivity index (χ1n) is 10.8. The van der Waals surface area contributed by atoms with E-state index in [0.717, 1.165) is 37.0 Å². The number of benzene rings is 2. The van der Waals surface area contributed by atoms with Crippen LogP contribution in [0.2, 0.25) is 0 Å². The Morgan fingerprint density at radius 1 is 1.00 bits per heavy atom. The molecular formula is C25H27FO4. The highest BCUT2D eigenvalue weighted by Crippen LogP contribution is 2.61. The molecule has 0 aliphatic heterocycles. The van der Waals surface area contributed by atoms with Gasteiger partial charge < -0.3 is 14.2 Å². The van der Waals surface area contributed by atoms with E-state index in [0.29, 0.717) is 5.75 Å². The molecule has 0 spiro atoms. The molecule has 1 atom stereocenters. The summed E-state index contributed by atoms with van der Waals surface area (Å²) < 4.78 is 31.9. The van der Waals surface area contributed by atoms with Gasteiger partial charge in [0.1, 0.15) is 5.75 Å². The van der Waals surface area contributed by atoms with Crippen molar-refractivity contribution in [2.45, 2.75) is 44.8 Å². The molecule has 1 unspecified atom stereocenters. The summed E-state index contributed by atoms with van der Waals surface area (Å²) in [6.07, 6.45) is 6.65. The van der Waals surface area contributed by atoms with Crippen molar-refractivity contribution < 1.29 is 23.4 Å². The molecule has 0 radical (unpaired) electrons. The second kappa shape index (κ2) is 7.69. The van der Waals surface area contributed by atoms with Crippen molar-refractivity contribution in [1.82, 2.24) is 0 Å². The van der Waals surface area contributed by atoms with Gasteiger partial charge in [0.2, 0.25) is 6.29 Å². The van der Waals surface area contributed by atoms with E-state index in [2.05, 4.69) is 0 Å². The molecule has 30 heavy (non-hydrogen) atoms. The van der Waals surface area contributed by atoms with Gasteiger partial charge in [-0.1, -0.05) is 18.2 Å². The highest BCUT2D eigenvalue weighted by atomic mass is 19.1. The van der Waals surface area contributed by atoms with Crippen LogP contribution in [0.5, 0.6) is 11.5 Å². The fourth-order valence-electron chi connectivity index (χ4n) is 6.38. The Morgan fingerprint density at radius 3 is 2.23 bits per heavy atom. The molecule has 2 aromatic carbocycles. The largest absolute Gasteiger partial charge is 0.461 e. The monoisotopic (exact) mass is 410 g/mol. The summed E-state index contributed by atoms with van der Waals surface area (Å²) in [5.74, 6) is 1.63. The minimum absolute atomic E-state index is 0.0418. The van der Waals surface area contributed by atoms with Crippen molar-refractivity contribution >= 4 is 5.97 Å². The summed E-state index contributed by atoms with van der Waals surface area (Å²) in [6, 6.07) is 12.9. The van der Waals surface area contributed by atoms with Crippen LogP contribution in [-0.4, -0.2) is 19.4 Å². The maximum Gasteiger partial charge on any atom is 0.343 e. The Balaban J connectivity index is 1.36. The van der Waals surface area contributed by atoms with Crippen molar-refractivity contribution in [1.29, 1.82) is 0 Å². The Kier molecular flexibility index (Phi) is 5.02. The highest BCUT2D eigenvalue weighted by Gasteiger charge is 2.55. The third-order valence-electron chi connectivity index (χ3n) is 7.15. The first kappa shape index (κ1) is 19.6. The average Bonchev–Trinajstić information content (AvgIpc) is 2.72. The molecule has 158 valence electrons.